The zero-order valence-electron chi connectivity index (χ0n) is 12.9. The minimum Gasteiger partial charge on any atom is -0.480 e. The number of carboxylic acid groups (broad SMARTS) is 1. The Balaban J connectivity index is 2.45. The quantitative estimate of drug-likeness (QED) is 0.722. The van der Waals surface area contributed by atoms with Gasteiger partial charge in [-0.25, -0.2) is 9.59 Å². The lowest BCUT2D eigenvalue weighted by molar-refractivity contribution is -0.144. The van der Waals surface area contributed by atoms with E-state index < -0.39 is 17.5 Å². The van der Waals surface area contributed by atoms with Crippen LogP contribution in [0, 0.1) is 6.92 Å². The van der Waals surface area contributed by atoms with Gasteiger partial charge < -0.3 is 15.7 Å². The number of carboxylic acids is 1. The van der Waals surface area contributed by atoms with Gasteiger partial charge in [-0.3, -0.25) is 0 Å². The maximum Gasteiger partial charge on any atom is 0.329 e. The predicted molar refractivity (Wildman–Crippen MR) is 82.4 cm³/mol. The fourth-order valence-corrected chi connectivity index (χ4v) is 2.21. The maximum absolute atomic E-state index is 11.8. The molecule has 0 saturated heterocycles. The fourth-order valence-electron chi connectivity index (χ4n) is 2.21. The summed E-state index contributed by atoms with van der Waals surface area (Å²) in [7, 11) is 0. The van der Waals surface area contributed by atoms with Gasteiger partial charge in [-0.05, 0) is 32.3 Å². The van der Waals surface area contributed by atoms with Gasteiger partial charge in [0.15, 0.2) is 0 Å². The Morgan fingerprint density at radius 3 is 2.62 bits per heavy atom. The van der Waals surface area contributed by atoms with Crippen LogP contribution in [-0.2, 0) is 11.2 Å². The van der Waals surface area contributed by atoms with E-state index in [0.29, 0.717) is 25.8 Å². The van der Waals surface area contributed by atoms with Crippen LogP contribution < -0.4 is 10.6 Å². The van der Waals surface area contributed by atoms with E-state index in [1.807, 2.05) is 32.0 Å². The van der Waals surface area contributed by atoms with Crippen molar-refractivity contribution in [1.82, 2.24) is 10.6 Å². The summed E-state index contributed by atoms with van der Waals surface area (Å²) in [6.07, 6.45) is 1.80. The molecule has 0 aliphatic carbocycles. The number of carbonyl (C=O) groups is 2. The average Bonchev–Trinajstić information content (AvgIpc) is 2.38. The van der Waals surface area contributed by atoms with E-state index in [9.17, 15) is 14.7 Å². The smallest absolute Gasteiger partial charge is 0.329 e. The molecule has 1 unspecified atom stereocenters. The number of hydrogen-bond acceptors (Lipinski definition) is 2. The summed E-state index contributed by atoms with van der Waals surface area (Å²) in [5.74, 6) is -1.02. The topological polar surface area (TPSA) is 78.4 Å². The molecule has 2 amide bonds. The third-order valence-corrected chi connectivity index (χ3v) is 3.39. The maximum atomic E-state index is 11.8. The molecule has 5 heteroatoms. The average molecular weight is 292 g/mol. The van der Waals surface area contributed by atoms with Gasteiger partial charge in [0, 0.05) is 6.54 Å². The SMILES string of the molecule is CCCC(C)(NC(=O)NCCc1cccc(C)c1)C(=O)O. The molecule has 5 nitrogen and oxygen atoms in total. The molecule has 0 fully saturated rings. The Labute approximate surface area is 125 Å². The standard InChI is InChI=1S/C16H24N2O3/c1-4-9-16(3,14(19)20)18-15(21)17-10-8-13-7-5-6-12(2)11-13/h5-7,11H,4,8-10H2,1-3H3,(H,19,20)(H2,17,18,21). The number of aryl methyl sites for hydroxylation is 1. The first-order chi connectivity index (χ1) is 9.87. The monoisotopic (exact) mass is 292 g/mol. The summed E-state index contributed by atoms with van der Waals surface area (Å²) in [5.41, 5.74) is 1.10. The largest absolute Gasteiger partial charge is 0.480 e. The molecule has 0 aromatic heterocycles. The molecule has 0 radical (unpaired) electrons. The molecule has 0 spiro atoms. The summed E-state index contributed by atoms with van der Waals surface area (Å²) >= 11 is 0. The Morgan fingerprint density at radius 2 is 2.05 bits per heavy atom. The molecule has 3 N–H and O–H groups in total. The second kappa shape index (κ2) is 7.67. The normalized spacial score (nSPS) is 13.3. The third kappa shape index (κ3) is 5.45. The van der Waals surface area contributed by atoms with Crippen LogP contribution in [0.15, 0.2) is 24.3 Å². The van der Waals surface area contributed by atoms with Crippen LogP contribution in [0.4, 0.5) is 4.79 Å². The van der Waals surface area contributed by atoms with Crippen molar-refractivity contribution in [3.05, 3.63) is 35.4 Å². The second-order valence-electron chi connectivity index (χ2n) is 5.51. The fraction of sp³-hybridized carbons (Fsp3) is 0.500. The molecule has 0 aliphatic rings. The van der Waals surface area contributed by atoms with Crippen molar-refractivity contribution >= 4 is 12.0 Å². The molecule has 1 aromatic carbocycles. The Bertz CT molecular complexity index is 502. The third-order valence-electron chi connectivity index (χ3n) is 3.39. The zero-order valence-corrected chi connectivity index (χ0v) is 12.9. The van der Waals surface area contributed by atoms with E-state index in [-0.39, 0.29) is 0 Å². The first kappa shape index (κ1) is 17.0. The highest BCUT2D eigenvalue weighted by molar-refractivity contribution is 5.85. The molecule has 21 heavy (non-hydrogen) atoms. The van der Waals surface area contributed by atoms with Crippen molar-refractivity contribution in [3.8, 4) is 0 Å². The highest BCUT2D eigenvalue weighted by Gasteiger charge is 2.33. The van der Waals surface area contributed by atoms with Crippen LogP contribution in [-0.4, -0.2) is 29.2 Å². The molecule has 1 atom stereocenters. The van der Waals surface area contributed by atoms with E-state index in [0.717, 1.165) is 5.56 Å². The number of hydrogen-bond donors (Lipinski definition) is 3. The molecule has 1 rings (SSSR count). The molecule has 0 saturated carbocycles. The highest BCUT2D eigenvalue weighted by atomic mass is 16.4. The summed E-state index contributed by atoms with van der Waals surface area (Å²) in [4.78, 5) is 23.0. The van der Waals surface area contributed by atoms with Crippen molar-refractivity contribution in [2.45, 2.75) is 45.6 Å². The number of nitrogens with one attached hydrogen (secondary N) is 2. The van der Waals surface area contributed by atoms with Gasteiger partial charge in [0.05, 0.1) is 0 Å². The predicted octanol–water partition coefficient (Wildman–Crippen LogP) is 2.48. The number of amides is 2. The van der Waals surface area contributed by atoms with Gasteiger partial charge in [-0.1, -0.05) is 43.2 Å². The summed E-state index contributed by atoms with van der Waals surface area (Å²) in [6.45, 7) is 5.90. The van der Waals surface area contributed by atoms with E-state index in [4.69, 9.17) is 0 Å². The Kier molecular flexibility index (Phi) is 6.21. The van der Waals surface area contributed by atoms with Crippen molar-refractivity contribution in [1.29, 1.82) is 0 Å². The first-order valence-corrected chi connectivity index (χ1v) is 7.22. The molecule has 0 bridgehead atoms. The van der Waals surface area contributed by atoms with Gasteiger partial charge in [0.2, 0.25) is 0 Å². The van der Waals surface area contributed by atoms with Crippen molar-refractivity contribution in [3.63, 3.8) is 0 Å². The number of urea groups is 1. The summed E-state index contributed by atoms with van der Waals surface area (Å²) < 4.78 is 0. The van der Waals surface area contributed by atoms with Gasteiger partial charge in [0.25, 0.3) is 0 Å². The molecule has 1 aromatic rings. The molecule has 0 heterocycles. The lowest BCUT2D eigenvalue weighted by atomic mass is 9.97. The lowest BCUT2D eigenvalue weighted by Crippen LogP contribution is -2.55. The number of aliphatic carboxylic acids is 1. The van der Waals surface area contributed by atoms with Crippen LogP contribution in [0.1, 0.15) is 37.8 Å². The van der Waals surface area contributed by atoms with Gasteiger partial charge in [0.1, 0.15) is 5.54 Å². The van der Waals surface area contributed by atoms with Crippen LogP contribution in [0.3, 0.4) is 0 Å². The van der Waals surface area contributed by atoms with Crippen molar-refractivity contribution in [2.75, 3.05) is 6.54 Å². The first-order valence-electron chi connectivity index (χ1n) is 7.22. The van der Waals surface area contributed by atoms with E-state index >= 15 is 0 Å². The van der Waals surface area contributed by atoms with Gasteiger partial charge >= 0.3 is 12.0 Å². The lowest BCUT2D eigenvalue weighted by Gasteiger charge is -2.25. The summed E-state index contributed by atoms with van der Waals surface area (Å²) in [5, 5.41) is 14.5. The van der Waals surface area contributed by atoms with Crippen LogP contribution in [0.25, 0.3) is 0 Å². The van der Waals surface area contributed by atoms with E-state index in [1.54, 1.807) is 0 Å². The van der Waals surface area contributed by atoms with Gasteiger partial charge in [-0.15, -0.1) is 0 Å². The van der Waals surface area contributed by atoms with Crippen LogP contribution >= 0.6 is 0 Å². The van der Waals surface area contributed by atoms with Gasteiger partial charge in [-0.2, -0.15) is 0 Å². The van der Waals surface area contributed by atoms with Crippen molar-refractivity contribution < 1.29 is 14.7 Å². The van der Waals surface area contributed by atoms with E-state index in [1.165, 1.54) is 12.5 Å². The summed E-state index contributed by atoms with van der Waals surface area (Å²) in [6, 6.07) is 7.63. The molecule has 116 valence electrons. The Morgan fingerprint density at radius 1 is 1.33 bits per heavy atom. The van der Waals surface area contributed by atoms with Crippen molar-refractivity contribution in [2.24, 2.45) is 0 Å². The number of rotatable bonds is 7. The molecular formula is C16H24N2O3. The molecular weight excluding hydrogens is 268 g/mol. The molecule has 0 aliphatic heterocycles. The minimum atomic E-state index is -1.22. The van der Waals surface area contributed by atoms with Crippen LogP contribution in [0.2, 0.25) is 0 Å². The second-order valence-corrected chi connectivity index (χ2v) is 5.51. The van der Waals surface area contributed by atoms with E-state index in [2.05, 4.69) is 16.7 Å². The van der Waals surface area contributed by atoms with Crippen LogP contribution in [0.5, 0.6) is 0 Å². The number of carbonyl (C=O) groups excluding carboxylic acids is 1. The zero-order chi connectivity index (χ0) is 15.9. The minimum absolute atomic E-state index is 0.396. The highest BCUT2D eigenvalue weighted by Crippen LogP contribution is 2.12. The number of benzene rings is 1. The Hall–Kier alpha value is -2.04.